The van der Waals surface area contributed by atoms with Crippen LogP contribution in [0.2, 0.25) is 0 Å². The molecule has 0 aliphatic carbocycles. The minimum atomic E-state index is -3.82. The predicted octanol–water partition coefficient (Wildman–Crippen LogP) is 1.01. The van der Waals surface area contributed by atoms with Crippen molar-refractivity contribution in [2.75, 3.05) is 0 Å². The first-order valence-corrected chi connectivity index (χ1v) is 4.81. The van der Waals surface area contributed by atoms with Crippen LogP contribution in [0.4, 0.5) is 0 Å². The summed E-state index contributed by atoms with van der Waals surface area (Å²) >= 11 is 0. The molecule has 0 saturated carbocycles. The predicted molar refractivity (Wildman–Crippen MR) is 42.8 cm³/mol. The second kappa shape index (κ2) is 3.66. The van der Waals surface area contributed by atoms with Crippen LogP contribution in [0.15, 0.2) is 30.3 Å². The molecular weight excluding hydrogens is 180 g/mol. The Morgan fingerprint density at radius 1 is 1.25 bits per heavy atom. The summed E-state index contributed by atoms with van der Waals surface area (Å²) in [6, 6.07) is 8.47. The molecule has 0 aliphatic rings. The minimum absolute atomic E-state index is 0.315. The van der Waals surface area contributed by atoms with Crippen molar-refractivity contribution >= 4 is 10.1 Å². The summed E-state index contributed by atoms with van der Waals surface area (Å²) in [7, 11) is -3.82. The van der Waals surface area contributed by atoms with Gasteiger partial charge in [0.2, 0.25) is 0 Å². The zero-order valence-corrected chi connectivity index (χ0v) is 6.99. The van der Waals surface area contributed by atoms with Crippen LogP contribution in [-0.4, -0.2) is 13.7 Å². The summed E-state index contributed by atoms with van der Waals surface area (Å²) in [5.74, 6) is -0.315. The Labute approximate surface area is 70.5 Å². The van der Waals surface area contributed by atoms with Crippen molar-refractivity contribution < 1.29 is 18.0 Å². The lowest BCUT2D eigenvalue weighted by atomic mass is 10.2. The summed E-state index contributed by atoms with van der Waals surface area (Å²) in [6.07, 6.45) is 0. The third-order valence-electron chi connectivity index (χ3n) is 1.30. The summed E-state index contributed by atoms with van der Waals surface area (Å²) < 4.78 is 24.7. The highest BCUT2D eigenvalue weighted by atomic mass is 32.2. The molecule has 0 amide bonds. The second-order valence-corrected chi connectivity index (χ2v) is 3.82. The second-order valence-electron chi connectivity index (χ2n) is 2.26. The molecule has 1 aromatic rings. The lowest BCUT2D eigenvalue weighted by Crippen LogP contribution is -2.05. The topological polar surface area (TPSA) is 63.6 Å². The normalized spacial score (nSPS) is 11.4. The molecule has 0 fully saturated rings. The van der Waals surface area contributed by atoms with Gasteiger partial charge in [0.05, 0.1) is 0 Å². The van der Waals surface area contributed by atoms with E-state index in [1.807, 2.05) is 0 Å². The van der Waals surface area contributed by atoms with E-state index in [0.717, 1.165) is 0 Å². The highest BCUT2D eigenvalue weighted by Gasteiger charge is 2.10. The summed E-state index contributed by atoms with van der Waals surface area (Å²) in [5, 5.41) is 7.97. The average molecular weight is 188 g/mol. The average Bonchev–Trinajstić information content (AvgIpc) is 2.06. The Hall–Kier alpha value is -0.910. The van der Waals surface area contributed by atoms with Gasteiger partial charge in [0.15, 0.2) is 0 Å². The molecule has 5 heteroatoms. The molecule has 12 heavy (non-hydrogen) atoms. The van der Waals surface area contributed by atoms with Gasteiger partial charge in [-0.15, -0.1) is 4.33 Å². The van der Waals surface area contributed by atoms with Crippen molar-refractivity contribution in [2.24, 2.45) is 0 Å². The molecule has 1 N–H and O–H groups in total. The van der Waals surface area contributed by atoms with Gasteiger partial charge in [-0.1, -0.05) is 30.3 Å². The van der Waals surface area contributed by atoms with E-state index in [4.69, 9.17) is 5.26 Å². The van der Waals surface area contributed by atoms with Crippen LogP contribution in [0.5, 0.6) is 0 Å². The first-order chi connectivity index (χ1) is 5.64. The molecule has 0 bridgehead atoms. The molecule has 1 rings (SSSR count). The Morgan fingerprint density at radius 2 is 1.83 bits per heavy atom. The third kappa shape index (κ3) is 2.61. The van der Waals surface area contributed by atoms with Crippen LogP contribution >= 0.6 is 0 Å². The van der Waals surface area contributed by atoms with E-state index >= 15 is 0 Å². The van der Waals surface area contributed by atoms with E-state index in [9.17, 15) is 8.42 Å². The molecule has 4 nitrogen and oxygen atoms in total. The lowest BCUT2D eigenvalue weighted by Gasteiger charge is -1.98. The van der Waals surface area contributed by atoms with Crippen LogP contribution in [0.25, 0.3) is 0 Å². The first kappa shape index (κ1) is 9.18. The van der Waals surface area contributed by atoms with Crippen molar-refractivity contribution in [3.63, 3.8) is 0 Å². The highest BCUT2D eigenvalue weighted by molar-refractivity contribution is 7.85. The van der Waals surface area contributed by atoms with E-state index in [-0.39, 0.29) is 5.75 Å². The summed E-state index contributed by atoms with van der Waals surface area (Å²) in [5.41, 5.74) is 0.576. The van der Waals surface area contributed by atoms with E-state index < -0.39 is 10.1 Å². The van der Waals surface area contributed by atoms with Gasteiger partial charge in [0, 0.05) is 0 Å². The first-order valence-electron chi connectivity index (χ1n) is 3.24. The van der Waals surface area contributed by atoms with Gasteiger partial charge in [-0.2, -0.15) is 8.42 Å². The van der Waals surface area contributed by atoms with Gasteiger partial charge in [0.25, 0.3) is 10.1 Å². The standard InChI is InChI=1S/C7H8O4S/c8-11-12(9,10)6-7-4-2-1-3-5-7/h1-5,8H,6H2. The van der Waals surface area contributed by atoms with Gasteiger partial charge < -0.3 is 0 Å². The van der Waals surface area contributed by atoms with Gasteiger partial charge in [-0.25, -0.2) is 5.26 Å². The lowest BCUT2D eigenvalue weighted by molar-refractivity contribution is -0.130. The maximum absolute atomic E-state index is 10.7. The van der Waals surface area contributed by atoms with Gasteiger partial charge >= 0.3 is 0 Å². The Morgan fingerprint density at radius 3 is 2.33 bits per heavy atom. The van der Waals surface area contributed by atoms with Crippen LogP contribution in [0.1, 0.15) is 5.56 Å². The maximum atomic E-state index is 10.7. The van der Waals surface area contributed by atoms with E-state index in [2.05, 4.69) is 4.33 Å². The molecule has 0 aliphatic heterocycles. The zero-order valence-electron chi connectivity index (χ0n) is 6.17. The van der Waals surface area contributed by atoms with Gasteiger partial charge in [-0.3, -0.25) is 0 Å². The fraction of sp³-hybridized carbons (Fsp3) is 0.143. The van der Waals surface area contributed by atoms with Crippen molar-refractivity contribution in [3.05, 3.63) is 35.9 Å². The summed E-state index contributed by atoms with van der Waals surface area (Å²) in [4.78, 5) is 0. The zero-order chi connectivity index (χ0) is 9.03. The minimum Gasteiger partial charge on any atom is -0.235 e. The molecule has 0 aromatic heterocycles. The number of hydrogen-bond donors (Lipinski definition) is 1. The molecule has 0 radical (unpaired) electrons. The summed E-state index contributed by atoms with van der Waals surface area (Å²) in [6.45, 7) is 0. The van der Waals surface area contributed by atoms with Crippen molar-refractivity contribution in [2.45, 2.75) is 5.75 Å². The number of hydrogen-bond acceptors (Lipinski definition) is 4. The maximum Gasteiger partial charge on any atom is 0.297 e. The van der Waals surface area contributed by atoms with Crippen molar-refractivity contribution in [1.29, 1.82) is 0 Å². The number of rotatable bonds is 3. The molecule has 0 unspecified atom stereocenters. The quantitative estimate of drug-likeness (QED) is 0.568. The van der Waals surface area contributed by atoms with Crippen LogP contribution in [0.3, 0.4) is 0 Å². The van der Waals surface area contributed by atoms with E-state index in [1.54, 1.807) is 30.3 Å². The third-order valence-corrected chi connectivity index (χ3v) is 2.21. The highest BCUT2D eigenvalue weighted by Crippen LogP contribution is 2.05. The van der Waals surface area contributed by atoms with Crippen molar-refractivity contribution in [1.82, 2.24) is 0 Å². The molecule has 0 spiro atoms. The molecule has 66 valence electrons. The molecule has 0 heterocycles. The Bertz CT molecular complexity index is 330. The Kier molecular flexibility index (Phi) is 2.80. The fourth-order valence-electron chi connectivity index (χ4n) is 0.805. The molecule has 0 atom stereocenters. The molecule has 1 aromatic carbocycles. The Balaban J connectivity index is 2.78. The van der Waals surface area contributed by atoms with E-state index in [1.165, 1.54) is 0 Å². The smallest absolute Gasteiger partial charge is 0.235 e. The fourth-order valence-corrected chi connectivity index (χ4v) is 1.46. The van der Waals surface area contributed by atoms with Crippen molar-refractivity contribution in [3.8, 4) is 0 Å². The largest absolute Gasteiger partial charge is 0.297 e. The van der Waals surface area contributed by atoms with Gasteiger partial charge in [0.1, 0.15) is 5.75 Å². The SMILES string of the molecule is O=S(=O)(Cc1ccccc1)OO. The van der Waals surface area contributed by atoms with Crippen LogP contribution in [-0.2, 0) is 20.2 Å². The van der Waals surface area contributed by atoms with E-state index in [0.29, 0.717) is 5.56 Å². The molecule has 0 saturated heterocycles. The monoisotopic (exact) mass is 188 g/mol. The molecular formula is C7H8O4S. The number of benzene rings is 1. The van der Waals surface area contributed by atoms with Gasteiger partial charge in [-0.05, 0) is 5.56 Å². The van der Waals surface area contributed by atoms with Crippen LogP contribution < -0.4 is 0 Å². The van der Waals surface area contributed by atoms with Crippen LogP contribution in [0, 0.1) is 0 Å².